The molecule has 2 unspecified atom stereocenters. The molecule has 0 radical (unpaired) electrons. The molecule has 0 aliphatic carbocycles. The van der Waals surface area contributed by atoms with Gasteiger partial charge in [-0.2, -0.15) is 0 Å². The van der Waals surface area contributed by atoms with Crippen molar-refractivity contribution in [3.8, 4) is 0 Å². The first-order valence-electron chi connectivity index (χ1n) is 5.59. The molecule has 2 rings (SSSR count). The molecule has 1 heterocycles. The summed E-state index contributed by atoms with van der Waals surface area (Å²) < 4.78 is 14.0. The lowest BCUT2D eigenvalue weighted by molar-refractivity contribution is 0.121. The van der Waals surface area contributed by atoms with E-state index in [4.69, 9.17) is 0 Å². The Balaban J connectivity index is 2.30. The van der Waals surface area contributed by atoms with Crippen LogP contribution in [0.2, 0.25) is 0 Å². The van der Waals surface area contributed by atoms with Gasteiger partial charge in [0.1, 0.15) is 6.17 Å². The third kappa shape index (κ3) is 1.91. The van der Waals surface area contributed by atoms with Gasteiger partial charge in [-0.25, -0.2) is 4.39 Å². The Kier molecular flexibility index (Phi) is 2.79. The molecule has 1 N–H and O–H groups in total. The van der Waals surface area contributed by atoms with Crippen molar-refractivity contribution in [1.82, 2.24) is 5.32 Å². The molecule has 2 heteroatoms. The molecule has 1 aromatic carbocycles. The van der Waals surface area contributed by atoms with Crippen molar-refractivity contribution in [2.45, 2.75) is 38.4 Å². The quantitative estimate of drug-likeness (QED) is 0.746. The van der Waals surface area contributed by atoms with Crippen LogP contribution in [0.15, 0.2) is 24.3 Å². The van der Waals surface area contributed by atoms with E-state index in [1.807, 2.05) is 38.1 Å². The van der Waals surface area contributed by atoms with Crippen LogP contribution in [0.25, 0.3) is 0 Å². The van der Waals surface area contributed by atoms with E-state index in [0.717, 1.165) is 18.5 Å². The lowest BCUT2D eigenvalue weighted by Gasteiger charge is -2.38. The lowest BCUT2D eigenvalue weighted by atomic mass is 9.82. The summed E-state index contributed by atoms with van der Waals surface area (Å²) in [5, 5.41) is 3.31. The summed E-state index contributed by atoms with van der Waals surface area (Å²) in [5.74, 6) is 0. The SMILES string of the molecule is Cc1ccc(C2(C)NCCCC2F)cc1. The minimum Gasteiger partial charge on any atom is -0.305 e. The number of rotatable bonds is 1. The molecular formula is C13H18FN. The monoisotopic (exact) mass is 207 g/mol. The Hall–Kier alpha value is -0.890. The van der Waals surface area contributed by atoms with E-state index in [0.29, 0.717) is 6.42 Å². The largest absolute Gasteiger partial charge is 0.305 e. The van der Waals surface area contributed by atoms with Gasteiger partial charge in [0, 0.05) is 0 Å². The van der Waals surface area contributed by atoms with Crippen molar-refractivity contribution in [2.24, 2.45) is 0 Å². The van der Waals surface area contributed by atoms with Crippen LogP contribution < -0.4 is 5.32 Å². The number of nitrogens with one attached hydrogen (secondary N) is 1. The number of alkyl halides is 1. The molecule has 15 heavy (non-hydrogen) atoms. The summed E-state index contributed by atoms with van der Waals surface area (Å²) in [6.07, 6.45) is 0.814. The van der Waals surface area contributed by atoms with Crippen molar-refractivity contribution < 1.29 is 4.39 Å². The number of halogens is 1. The molecule has 0 aromatic heterocycles. The highest BCUT2D eigenvalue weighted by Crippen LogP contribution is 2.32. The van der Waals surface area contributed by atoms with Gasteiger partial charge in [-0.3, -0.25) is 0 Å². The average molecular weight is 207 g/mol. The van der Waals surface area contributed by atoms with Gasteiger partial charge in [-0.1, -0.05) is 29.8 Å². The zero-order valence-electron chi connectivity index (χ0n) is 9.39. The first kappa shape index (κ1) is 10.6. The molecule has 2 atom stereocenters. The molecular weight excluding hydrogens is 189 g/mol. The number of hydrogen-bond acceptors (Lipinski definition) is 1. The Bertz CT molecular complexity index is 333. The van der Waals surface area contributed by atoms with Crippen molar-refractivity contribution in [1.29, 1.82) is 0 Å². The van der Waals surface area contributed by atoms with Gasteiger partial charge in [0.2, 0.25) is 0 Å². The fraction of sp³-hybridized carbons (Fsp3) is 0.538. The topological polar surface area (TPSA) is 12.0 Å². The highest BCUT2D eigenvalue weighted by atomic mass is 19.1. The minimum absolute atomic E-state index is 0.494. The van der Waals surface area contributed by atoms with E-state index < -0.39 is 11.7 Å². The predicted molar refractivity (Wildman–Crippen MR) is 60.7 cm³/mol. The van der Waals surface area contributed by atoms with Gasteiger partial charge in [0.25, 0.3) is 0 Å². The predicted octanol–water partition coefficient (Wildman–Crippen LogP) is 2.93. The molecule has 1 nitrogen and oxygen atoms in total. The first-order valence-corrected chi connectivity index (χ1v) is 5.59. The second-order valence-corrected chi connectivity index (χ2v) is 4.60. The number of hydrogen-bond donors (Lipinski definition) is 1. The van der Waals surface area contributed by atoms with Crippen LogP contribution in [0.4, 0.5) is 4.39 Å². The fourth-order valence-corrected chi connectivity index (χ4v) is 2.21. The summed E-state index contributed by atoms with van der Waals surface area (Å²) in [4.78, 5) is 0. The Morgan fingerprint density at radius 2 is 2.00 bits per heavy atom. The zero-order chi connectivity index (χ0) is 10.9. The van der Waals surface area contributed by atoms with Crippen molar-refractivity contribution in [3.05, 3.63) is 35.4 Å². The third-order valence-corrected chi connectivity index (χ3v) is 3.40. The van der Waals surface area contributed by atoms with Crippen LogP contribution in [0.1, 0.15) is 30.9 Å². The van der Waals surface area contributed by atoms with Crippen molar-refractivity contribution in [2.75, 3.05) is 6.54 Å². The van der Waals surface area contributed by atoms with E-state index in [2.05, 4.69) is 5.32 Å². The van der Waals surface area contributed by atoms with E-state index >= 15 is 0 Å². The van der Waals surface area contributed by atoms with Gasteiger partial charge in [0.15, 0.2) is 0 Å². The van der Waals surface area contributed by atoms with Crippen LogP contribution in [0, 0.1) is 6.92 Å². The maximum atomic E-state index is 14.0. The van der Waals surface area contributed by atoms with E-state index in [-0.39, 0.29) is 0 Å². The standard InChI is InChI=1S/C13H18FN/c1-10-5-7-11(8-6-10)13(2)12(14)4-3-9-15-13/h5-8,12,15H,3-4,9H2,1-2H3. The van der Waals surface area contributed by atoms with Gasteiger partial charge >= 0.3 is 0 Å². The third-order valence-electron chi connectivity index (χ3n) is 3.40. The van der Waals surface area contributed by atoms with Crippen molar-refractivity contribution >= 4 is 0 Å². The second kappa shape index (κ2) is 3.93. The number of benzene rings is 1. The van der Waals surface area contributed by atoms with E-state index in [1.54, 1.807) is 0 Å². The second-order valence-electron chi connectivity index (χ2n) is 4.60. The van der Waals surface area contributed by atoms with Crippen LogP contribution in [-0.2, 0) is 5.54 Å². The molecule has 82 valence electrons. The van der Waals surface area contributed by atoms with Crippen LogP contribution in [0.3, 0.4) is 0 Å². The Labute approximate surface area is 90.7 Å². The van der Waals surface area contributed by atoms with Gasteiger partial charge in [-0.15, -0.1) is 0 Å². The molecule has 1 aliphatic heterocycles. The number of piperidine rings is 1. The lowest BCUT2D eigenvalue weighted by Crippen LogP contribution is -2.51. The molecule has 0 amide bonds. The first-order chi connectivity index (χ1) is 7.13. The molecule has 1 aliphatic rings. The maximum absolute atomic E-state index is 14.0. The fourth-order valence-electron chi connectivity index (χ4n) is 2.21. The highest BCUT2D eigenvalue weighted by Gasteiger charge is 2.37. The Morgan fingerprint density at radius 1 is 1.33 bits per heavy atom. The highest BCUT2D eigenvalue weighted by molar-refractivity contribution is 5.29. The van der Waals surface area contributed by atoms with Crippen LogP contribution in [-0.4, -0.2) is 12.7 Å². The molecule has 1 aromatic rings. The van der Waals surface area contributed by atoms with E-state index in [1.165, 1.54) is 5.56 Å². The molecule has 1 fully saturated rings. The van der Waals surface area contributed by atoms with E-state index in [9.17, 15) is 4.39 Å². The van der Waals surface area contributed by atoms with Crippen LogP contribution in [0.5, 0.6) is 0 Å². The van der Waals surface area contributed by atoms with Crippen LogP contribution >= 0.6 is 0 Å². The van der Waals surface area contributed by atoms with Gasteiger partial charge < -0.3 is 5.32 Å². The normalized spacial score (nSPS) is 31.5. The Morgan fingerprint density at radius 3 is 2.60 bits per heavy atom. The summed E-state index contributed by atoms with van der Waals surface area (Å²) in [6.45, 7) is 4.92. The van der Waals surface area contributed by atoms with Crippen molar-refractivity contribution in [3.63, 3.8) is 0 Å². The molecule has 0 saturated carbocycles. The molecule has 1 saturated heterocycles. The average Bonchev–Trinajstić information content (AvgIpc) is 2.23. The van der Waals surface area contributed by atoms with Gasteiger partial charge in [0.05, 0.1) is 5.54 Å². The zero-order valence-corrected chi connectivity index (χ0v) is 9.39. The minimum atomic E-state index is -0.783. The number of aryl methyl sites for hydroxylation is 1. The summed E-state index contributed by atoms with van der Waals surface area (Å²) in [5.41, 5.74) is 1.78. The molecule has 0 bridgehead atoms. The smallest absolute Gasteiger partial charge is 0.122 e. The summed E-state index contributed by atoms with van der Waals surface area (Å²) in [6, 6.07) is 8.15. The summed E-state index contributed by atoms with van der Waals surface area (Å²) >= 11 is 0. The summed E-state index contributed by atoms with van der Waals surface area (Å²) in [7, 11) is 0. The molecule has 0 spiro atoms. The van der Waals surface area contributed by atoms with Gasteiger partial charge in [-0.05, 0) is 38.8 Å². The maximum Gasteiger partial charge on any atom is 0.122 e.